The van der Waals surface area contributed by atoms with Crippen LogP contribution in [0.1, 0.15) is 21.6 Å². The monoisotopic (exact) mass is 369 g/mol. The van der Waals surface area contributed by atoms with Gasteiger partial charge >= 0.3 is 0 Å². The molecule has 1 amide bonds. The smallest absolute Gasteiger partial charge is 0.251 e. The number of ether oxygens (including phenoxy) is 2. The number of aryl methyl sites for hydroxylation is 1. The Balaban J connectivity index is 1.55. The number of hydrogen-bond donors (Lipinski definition) is 2. The second kappa shape index (κ2) is 8.66. The summed E-state index contributed by atoms with van der Waals surface area (Å²) >= 11 is 0. The lowest BCUT2D eigenvalue weighted by atomic mass is 10.2. The number of carbonyl (C=O) groups is 1. The van der Waals surface area contributed by atoms with E-state index >= 15 is 0 Å². The molecule has 0 aliphatic carbocycles. The van der Waals surface area contributed by atoms with E-state index in [0.29, 0.717) is 17.9 Å². The maximum absolute atomic E-state index is 12.1. The fraction of sp³-hybridized carbons (Fsp3) is 0.300. The molecule has 7 heteroatoms. The minimum atomic E-state index is -0.726. The van der Waals surface area contributed by atoms with Crippen molar-refractivity contribution in [1.29, 1.82) is 0 Å². The molecule has 0 aliphatic heterocycles. The Morgan fingerprint density at radius 3 is 2.78 bits per heavy atom. The van der Waals surface area contributed by atoms with Gasteiger partial charge < -0.3 is 24.3 Å². The molecular weight excluding hydrogens is 346 g/mol. The van der Waals surface area contributed by atoms with Gasteiger partial charge in [-0.25, -0.2) is 4.98 Å². The van der Waals surface area contributed by atoms with Gasteiger partial charge in [0.25, 0.3) is 5.91 Å². The van der Waals surface area contributed by atoms with E-state index in [-0.39, 0.29) is 19.1 Å². The van der Waals surface area contributed by atoms with Gasteiger partial charge in [0.15, 0.2) is 0 Å². The maximum Gasteiger partial charge on any atom is 0.251 e. The highest BCUT2D eigenvalue weighted by atomic mass is 16.5. The van der Waals surface area contributed by atoms with Gasteiger partial charge in [-0.2, -0.15) is 0 Å². The zero-order valence-corrected chi connectivity index (χ0v) is 15.4. The summed E-state index contributed by atoms with van der Waals surface area (Å²) in [5, 5.41) is 12.2. The minimum absolute atomic E-state index is 0.137. The lowest BCUT2D eigenvalue weighted by Crippen LogP contribution is -2.34. The first-order chi connectivity index (χ1) is 13.1. The highest BCUT2D eigenvalue weighted by molar-refractivity contribution is 5.94. The first-order valence-electron chi connectivity index (χ1n) is 8.68. The number of amides is 1. The van der Waals surface area contributed by atoms with Crippen molar-refractivity contribution < 1.29 is 19.4 Å². The van der Waals surface area contributed by atoms with E-state index < -0.39 is 6.10 Å². The molecule has 142 valence electrons. The van der Waals surface area contributed by atoms with Gasteiger partial charge in [0, 0.05) is 31.6 Å². The number of imidazole rings is 1. The van der Waals surface area contributed by atoms with Gasteiger partial charge in [-0.15, -0.1) is 0 Å². The summed E-state index contributed by atoms with van der Waals surface area (Å²) < 4.78 is 12.6. The summed E-state index contributed by atoms with van der Waals surface area (Å²) in [6.45, 7) is 2.68. The summed E-state index contributed by atoms with van der Waals surface area (Å²) in [4.78, 5) is 16.6. The Kier molecular flexibility index (Phi) is 6.05. The van der Waals surface area contributed by atoms with Gasteiger partial charge in [0.1, 0.15) is 18.0 Å². The largest absolute Gasteiger partial charge is 0.487 e. The Bertz CT molecular complexity index is 905. The maximum atomic E-state index is 12.1. The van der Waals surface area contributed by atoms with E-state index in [1.54, 1.807) is 24.3 Å². The van der Waals surface area contributed by atoms with Crippen LogP contribution in [-0.2, 0) is 11.3 Å². The number of methoxy groups -OCH3 is 1. The van der Waals surface area contributed by atoms with Crippen molar-refractivity contribution in [2.24, 2.45) is 0 Å². The average molecular weight is 369 g/mol. The number of carbonyl (C=O) groups excluding carboxylic acids is 1. The predicted octanol–water partition coefficient (Wildman–Crippen LogP) is 1.96. The number of benzene rings is 1. The summed E-state index contributed by atoms with van der Waals surface area (Å²) in [7, 11) is 1.50. The summed E-state index contributed by atoms with van der Waals surface area (Å²) in [5.41, 5.74) is 3.35. The lowest BCUT2D eigenvalue weighted by Gasteiger charge is -2.11. The van der Waals surface area contributed by atoms with Crippen LogP contribution in [0.15, 0.2) is 48.8 Å². The zero-order valence-electron chi connectivity index (χ0n) is 15.4. The molecule has 2 heterocycles. The van der Waals surface area contributed by atoms with Crippen LogP contribution in [0.3, 0.4) is 0 Å². The van der Waals surface area contributed by atoms with E-state index in [9.17, 15) is 9.90 Å². The molecule has 0 aliphatic rings. The number of nitrogens with one attached hydrogen (secondary N) is 1. The summed E-state index contributed by atoms with van der Waals surface area (Å²) in [5.74, 6) is 0.396. The number of aliphatic hydroxyl groups is 1. The molecule has 3 rings (SSSR count). The van der Waals surface area contributed by atoms with Crippen LogP contribution in [0, 0.1) is 6.92 Å². The van der Waals surface area contributed by atoms with Crippen LogP contribution in [0.25, 0.3) is 5.65 Å². The van der Waals surface area contributed by atoms with E-state index in [1.165, 1.54) is 7.11 Å². The second-order valence-electron chi connectivity index (χ2n) is 6.29. The molecular formula is C20H23N3O4. The number of nitrogens with zero attached hydrogens (tertiary/aromatic N) is 2. The van der Waals surface area contributed by atoms with Gasteiger partial charge in [0.2, 0.25) is 0 Å². The molecule has 27 heavy (non-hydrogen) atoms. The van der Waals surface area contributed by atoms with Gasteiger partial charge in [0.05, 0.1) is 18.4 Å². The second-order valence-corrected chi connectivity index (χ2v) is 6.29. The molecule has 2 aromatic heterocycles. The number of aromatic nitrogens is 2. The molecule has 0 spiro atoms. The number of hydrogen-bond acceptors (Lipinski definition) is 5. The van der Waals surface area contributed by atoms with Crippen molar-refractivity contribution in [3.05, 3.63) is 65.6 Å². The quantitative estimate of drug-likeness (QED) is 0.634. The number of aliphatic hydroxyl groups excluding tert-OH is 1. The highest BCUT2D eigenvalue weighted by Crippen LogP contribution is 2.15. The van der Waals surface area contributed by atoms with Crippen molar-refractivity contribution in [2.75, 3.05) is 20.3 Å². The van der Waals surface area contributed by atoms with E-state index in [2.05, 4.69) is 10.3 Å². The first-order valence-corrected chi connectivity index (χ1v) is 8.68. The van der Waals surface area contributed by atoms with Crippen LogP contribution < -0.4 is 10.1 Å². The molecule has 0 radical (unpaired) electrons. The van der Waals surface area contributed by atoms with Crippen LogP contribution in [0.5, 0.6) is 5.75 Å². The van der Waals surface area contributed by atoms with E-state index in [4.69, 9.17) is 9.47 Å². The van der Waals surface area contributed by atoms with Gasteiger partial charge in [-0.05, 0) is 42.8 Å². The highest BCUT2D eigenvalue weighted by Gasteiger charge is 2.09. The molecule has 3 aromatic rings. The molecule has 1 atom stereocenters. The van der Waals surface area contributed by atoms with Gasteiger partial charge in [-0.3, -0.25) is 4.79 Å². The molecule has 1 aromatic carbocycles. The number of rotatable bonds is 8. The standard InChI is InChI=1S/C20H23N3O4/c1-14-4-3-9-23-11-16(22-19(14)23)12-27-18-7-5-15(6-8-18)20(25)21-10-17(24)13-26-2/h3-9,11,17,24H,10,12-13H2,1-2H3,(H,21,25)/t17-/m1/s1. The summed E-state index contributed by atoms with van der Waals surface area (Å²) in [6, 6.07) is 10.8. The lowest BCUT2D eigenvalue weighted by molar-refractivity contribution is 0.0610. The topological polar surface area (TPSA) is 85.1 Å². The van der Waals surface area contributed by atoms with E-state index in [1.807, 2.05) is 35.9 Å². The predicted molar refractivity (Wildman–Crippen MR) is 101 cm³/mol. The third kappa shape index (κ3) is 4.84. The molecule has 0 unspecified atom stereocenters. The fourth-order valence-electron chi connectivity index (χ4n) is 2.70. The first kappa shape index (κ1) is 18.9. The molecule has 7 nitrogen and oxygen atoms in total. The van der Waals surface area contributed by atoms with Crippen LogP contribution in [-0.4, -0.2) is 46.8 Å². The third-order valence-electron chi connectivity index (χ3n) is 4.09. The van der Waals surface area contributed by atoms with Crippen molar-refractivity contribution >= 4 is 11.6 Å². The minimum Gasteiger partial charge on any atom is -0.487 e. The normalized spacial score (nSPS) is 12.1. The Morgan fingerprint density at radius 2 is 2.07 bits per heavy atom. The van der Waals surface area contributed by atoms with Crippen molar-refractivity contribution in [3.8, 4) is 5.75 Å². The number of fused-ring (bicyclic) bond motifs is 1. The average Bonchev–Trinajstić information content (AvgIpc) is 3.10. The van der Waals surface area contributed by atoms with Crippen molar-refractivity contribution in [2.45, 2.75) is 19.6 Å². The summed E-state index contributed by atoms with van der Waals surface area (Å²) in [6.07, 6.45) is 3.17. The Labute approximate surface area is 157 Å². The van der Waals surface area contributed by atoms with Crippen LogP contribution in [0.2, 0.25) is 0 Å². The third-order valence-corrected chi connectivity index (χ3v) is 4.09. The van der Waals surface area contributed by atoms with Gasteiger partial charge in [-0.1, -0.05) is 6.07 Å². The molecule has 0 saturated heterocycles. The molecule has 0 bridgehead atoms. The number of pyridine rings is 1. The molecule has 0 fully saturated rings. The Hall–Kier alpha value is -2.90. The Morgan fingerprint density at radius 1 is 1.30 bits per heavy atom. The molecule has 2 N–H and O–H groups in total. The fourth-order valence-corrected chi connectivity index (χ4v) is 2.70. The van der Waals surface area contributed by atoms with Crippen LogP contribution in [0.4, 0.5) is 0 Å². The SMILES string of the molecule is COC[C@H](O)CNC(=O)c1ccc(OCc2cn3cccc(C)c3n2)cc1. The molecule has 0 saturated carbocycles. The van der Waals surface area contributed by atoms with E-state index in [0.717, 1.165) is 16.9 Å². The van der Waals surface area contributed by atoms with Crippen molar-refractivity contribution in [3.63, 3.8) is 0 Å². The van der Waals surface area contributed by atoms with Crippen LogP contribution >= 0.6 is 0 Å². The van der Waals surface area contributed by atoms with Crippen molar-refractivity contribution in [1.82, 2.24) is 14.7 Å². The zero-order chi connectivity index (χ0) is 19.2.